The third-order valence-corrected chi connectivity index (χ3v) is 5.72. The molecule has 0 amide bonds. The molecule has 2 aromatic rings. The lowest BCUT2D eigenvalue weighted by Crippen LogP contribution is -2.47. The molecule has 126 valence electrons. The van der Waals surface area contributed by atoms with E-state index in [1.807, 2.05) is 18.5 Å². The van der Waals surface area contributed by atoms with Crippen molar-refractivity contribution in [3.05, 3.63) is 66.0 Å². The normalized spacial score (nSPS) is 24.3. The van der Waals surface area contributed by atoms with Crippen molar-refractivity contribution in [2.45, 2.75) is 44.2 Å². The lowest BCUT2D eigenvalue weighted by molar-refractivity contribution is 0.126. The van der Waals surface area contributed by atoms with Crippen molar-refractivity contribution in [3.63, 3.8) is 0 Å². The number of rotatable bonds is 8. The van der Waals surface area contributed by atoms with Crippen LogP contribution in [0.15, 0.2) is 54.9 Å². The van der Waals surface area contributed by atoms with Crippen molar-refractivity contribution in [2.75, 3.05) is 13.1 Å². The van der Waals surface area contributed by atoms with Crippen molar-refractivity contribution in [1.29, 1.82) is 0 Å². The Bertz CT molecular complexity index is 637. The second-order valence-corrected chi connectivity index (χ2v) is 7.56. The van der Waals surface area contributed by atoms with Crippen LogP contribution in [-0.2, 0) is 6.54 Å². The highest BCUT2D eigenvalue weighted by molar-refractivity contribution is 5.27. The Hall–Kier alpha value is -1.71. The minimum absolute atomic E-state index is 0.464. The molecule has 1 aromatic carbocycles. The summed E-state index contributed by atoms with van der Waals surface area (Å²) in [6.07, 6.45) is 9.16. The molecule has 0 aliphatic heterocycles. The molecule has 2 aliphatic carbocycles. The van der Waals surface area contributed by atoms with Gasteiger partial charge in [-0.1, -0.05) is 42.8 Å². The van der Waals surface area contributed by atoms with E-state index in [0.29, 0.717) is 11.5 Å². The molecule has 0 spiro atoms. The van der Waals surface area contributed by atoms with E-state index in [4.69, 9.17) is 0 Å². The molecule has 0 saturated heterocycles. The molecule has 2 atom stereocenters. The summed E-state index contributed by atoms with van der Waals surface area (Å²) in [6.45, 7) is 3.18. The fraction of sp³-hybridized carbons (Fsp3) is 0.476. The van der Waals surface area contributed by atoms with Gasteiger partial charge in [0.15, 0.2) is 0 Å². The molecule has 0 radical (unpaired) electrons. The van der Waals surface area contributed by atoms with Crippen molar-refractivity contribution in [2.24, 2.45) is 5.41 Å². The zero-order valence-electron chi connectivity index (χ0n) is 14.2. The summed E-state index contributed by atoms with van der Waals surface area (Å²) in [5.74, 6) is 0.728. The molecule has 4 rings (SSSR count). The Morgan fingerprint density at radius 1 is 1.04 bits per heavy atom. The van der Waals surface area contributed by atoms with E-state index in [1.165, 1.54) is 36.8 Å². The van der Waals surface area contributed by atoms with Gasteiger partial charge in [0, 0.05) is 44.0 Å². The van der Waals surface area contributed by atoms with E-state index in [2.05, 4.69) is 52.0 Å². The topological polar surface area (TPSA) is 37.0 Å². The number of hydrogen-bond donors (Lipinski definition) is 2. The van der Waals surface area contributed by atoms with Crippen LogP contribution in [0.25, 0.3) is 0 Å². The van der Waals surface area contributed by atoms with Gasteiger partial charge in [0.05, 0.1) is 0 Å². The molecular formula is C21H27N3. The van der Waals surface area contributed by atoms with Crippen molar-refractivity contribution in [3.8, 4) is 0 Å². The number of hydrogen-bond acceptors (Lipinski definition) is 3. The number of nitrogens with zero attached hydrogens (tertiary/aromatic N) is 1. The van der Waals surface area contributed by atoms with E-state index in [-0.39, 0.29) is 0 Å². The van der Waals surface area contributed by atoms with E-state index in [0.717, 1.165) is 25.6 Å². The van der Waals surface area contributed by atoms with Crippen LogP contribution >= 0.6 is 0 Å². The Labute approximate surface area is 144 Å². The Kier molecular flexibility index (Phi) is 4.63. The molecule has 3 nitrogen and oxygen atoms in total. The van der Waals surface area contributed by atoms with Crippen molar-refractivity contribution < 1.29 is 0 Å². The summed E-state index contributed by atoms with van der Waals surface area (Å²) in [7, 11) is 0. The zero-order chi connectivity index (χ0) is 16.2. The van der Waals surface area contributed by atoms with Crippen LogP contribution in [0.3, 0.4) is 0 Å². The predicted molar refractivity (Wildman–Crippen MR) is 97.8 cm³/mol. The highest BCUT2D eigenvalue weighted by Crippen LogP contribution is 2.44. The lowest BCUT2D eigenvalue weighted by Gasteiger charge is -2.42. The van der Waals surface area contributed by atoms with E-state index >= 15 is 0 Å². The van der Waals surface area contributed by atoms with Gasteiger partial charge < -0.3 is 10.6 Å². The van der Waals surface area contributed by atoms with Gasteiger partial charge in [0.25, 0.3) is 0 Å². The fourth-order valence-electron chi connectivity index (χ4n) is 3.90. The van der Waals surface area contributed by atoms with Crippen LogP contribution < -0.4 is 10.6 Å². The molecular weight excluding hydrogens is 294 g/mol. The average Bonchev–Trinajstić information content (AvgIpc) is 3.38. The summed E-state index contributed by atoms with van der Waals surface area (Å²) in [5.41, 5.74) is 3.23. The summed E-state index contributed by atoms with van der Waals surface area (Å²) < 4.78 is 0. The predicted octanol–water partition coefficient (Wildman–Crippen LogP) is 3.49. The van der Waals surface area contributed by atoms with Gasteiger partial charge in [0.2, 0.25) is 0 Å². The van der Waals surface area contributed by atoms with E-state index in [1.54, 1.807) is 0 Å². The Morgan fingerprint density at radius 3 is 2.62 bits per heavy atom. The maximum atomic E-state index is 4.19. The van der Waals surface area contributed by atoms with Gasteiger partial charge >= 0.3 is 0 Å². The second kappa shape index (κ2) is 7.04. The van der Waals surface area contributed by atoms with Crippen LogP contribution in [0.4, 0.5) is 0 Å². The molecule has 0 bridgehead atoms. The van der Waals surface area contributed by atoms with Crippen LogP contribution in [0.2, 0.25) is 0 Å². The standard InChI is InChI=1S/C21H27N3/c1-2-7-18(8-3-1)19-12-20(19)24-16-21(9-5-10-21)15-23-14-17-6-4-11-22-13-17/h1-4,6-8,11,13,19-20,23-24H,5,9-10,12,14-16H2/t19?,20-/m0/s1. The Morgan fingerprint density at radius 2 is 1.92 bits per heavy atom. The molecule has 2 fully saturated rings. The second-order valence-electron chi connectivity index (χ2n) is 7.56. The first-order valence-electron chi connectivity index (χ1n) is 9.23. The fourth-order valence-corrected chi connectivity index (χ4v) is 3.90. The molecule has 1 unspecified atom stereocenters. The van der Waals surface area contributed by atoms with E-state index in [9.17, 15) is 0 Å². The third-order valence-electron chi connectivity index (χ3n) is 5.72. The number of pyridine rings is 1. The van der Waals surface area contributed by atoms with Gasteiger partial charge in [-0.2, -0.15) is 0 Å². The number of aromatic nitrogens is 1. The lowest BCUT2D eigenvalue weighted by atomic mass is 9.68. The first kappa shape index (κ1) is 15.8. The maximum Gasteiger partial charge on any atom is 0.0312 e. The van der Waals surface area contributed by atoms with Gasteiger partial charge in [-0.05, 0) is 41.9 Å². The maximum absolute atomic E-state index is 4.19. The zero-order valence-corrected chi connectivity index (χ0v) is 14.2. The summed E-state index contributed by atoms with van der Waals surface area (Å²) in [5, 5.41) is 7.50. The molecule has 2 aliphatic rings. The minimum Gasteiger partial charge on any atom is -0.313 e. The smallest absolute Gasteiger partial charge is 0.0312 e. The molecule has 2 saturated carbocycles. The van der Waals surface area contributed by atoms with Crippen LogP contribution in [0, 0.1) is 5.41 Å². The van der Waals surface area contributed by atoms with Crippen LogP contribution in [0.1, 0.15) is 42.7 Å². The van der Waals surface area contributed by atoms with Gasteiger partial charge in [0.1, 0.15) is 0 Å². The molecule has 3 heteroatoms. The SMILES string of the molecule is c1ccc(C2C[C@@H]2NCC2(CNCc3cccnc3)CCC2)cc1. The quantitative estimate of drug-likeness (QED) is 0.781. The molecule has 2 N–H and O–H groups in total. The molecule has 1 heterocycles. The third kappa shape index (κ3) is 3.68. The van der Waals surface area contributed by atoms with E-state index < -0.39 is 0 Å². The minimum atomic E-state index is 0.464. The highest BCUT2D eigenvalue weighted by atomic mass is 15.0. The number of nitrogens with one attached hydrogen (secondary N) is 2. The van der Waals surface area contributed by atoms with Crippen LogP contribution in [-0.4, -0.2) is 24.1 Å². The van der Waals surface area contributed by atoms with Crippen LogP contribution in [0.5, 0.6) is 0 Å². The van der Waals surface area contributed by atoms with Gasteiger partial charge in [-0.25, -0.2) is 0 Å². The Balaban J connectivity index is 1.23. The van der Waals surface area contributed by atoms with Gasteiger partial charge in [-0.15, -0.1) is 0 Å². The summed E-state index contributed by atoms with van der Waals surface area (Å²) >= 11 is 0. The van der Waals surface area contributed by atoms with Gasteiger partial charge in [-0.3, -0.25) is 4.98 Å². The highest BCUT2D eigenvalue weighted by Gasteiger charge is 2.42. The molecule has 24 heavy (non-hydrogen) atoms. The first-order chi connectivity index (χ1) is 11.8. The van der Waals surface area contributed by atoms with Crippen molar-refractivity contribution in [1.82, 2.24) is 15.6 Å². The summed E-state index contributed by atoms with van der Waals surface area (Å²) in [4.78, 5) is 4.19. The van der Waals surface area contributed by atoms with Crippen molar-refractivity contribution >= 4 is 0 Å². The first-order valence-corrected chi connectivity index (χ1v) is 9.23. The molecule has 1 aromatic heterocycles. The summed E-state index contributed by atoms with van der Waals surface area (Å²) in [6, 6.07) is 15.8. The monoisotopic (exact) mass is 321 g/mol. The number of benzene rings is 1. The average molecular weight is 321 g/mol. The largest absolute Gasteiger partial charge is 0.313 e.